The molecule has 0 bridgehead atoms. The second-order valence-electron chi connectivity index (χ2n) is 6.20. The standard InChI is InChI=1S/C16H22FN3O3/c1-23-16(22)14-6-13(21)9-20(14)8-11-7-18-19-15(11)10-2-4-12(17)5-3-10/h2-5,11,13-15,18-19,21H,6-9H2,1H3/t11?,13-,14+,15?/m1/s1. The molecular weight excluding hydrogens is 301 g/mol. The van der Waals surface area contributed by atoms with Crippen molar-refractivity contribution in [3.63, 3.8) is 0 Å². The molecule has 2 aliphatic rings. The Bertz CT molecular complexity index is 554. The van der Waals surface area contributed by atoms with E-state index in [1.165, 1.54) is 19.2 Å². The predicted molar refractivity (Wildman–Crippen MR) is 81.8 cm³/mol. The molecule has 2 saturated heterocycles. The molecular formula is C16H22FN3O3. The number of ether oxygens (including phenoxy) is 1. The smallest absolute Gasteiger partial charge is 0.323 e. The predicted octanol–water partition coefficient (Wildman–Crippen LogP) is 0.199. The normalized spacial score (nSPS) is 31.4. The Labute approximate surface area is 134 Å². The number of esters is 1. The van der Waals surface area contributed by atoms with Crippen molar-refractivity contribution in [2.24, 2.45) is 5.92 Å². The number of hydrogen-bond acceptors (Lipinski definition) is 6. The van der Waals surface area contributed by atoms with Gasteiger partial charge in [-0.25, -0.2) is 9.82 Å². The van der Waals surface area contributed by atoms with Crippen LogP contribution in [-0.4, -0.2) is 54.9 Å². The van der Waals surface area contributed by atoms with Crippen molar-refractivity contribution in [3.05, 3.63) is 35.6 Å². The number of aliphatic hydroxyl groups excluding tert-OH is 1. The minimum absolute atomic E-state index is 0.0339. The van der Waals surface area contributed by atoms with Crippen LogP contribution in [0, 0.1) is 11.7 Å². The second-order valence-corrected chi connectivity index (χ2v) is 6.20. The van der Waals surface area contributed by atoms with Crippen LogP contribution in [0.25, 0.3) is 0 Å². The molecule has 0 saturated carbocycles. The molecule has 0 radical (unpaired) electrons. The van der Waals surface area contributed by atoms with E-state index in [0.29, 0.717) is 19.5 Å². The van der Waals surface area contributed by atoms with Crippen molar-refractivity contribution in [2.45, 2.75) is 24.6 Å². The van der Waals surface area contributed by atoms with Crippen LogP contribution in [0.2, 0.25) is 0 Å². The number of β-amino-alcohol motifs (C(OH)–C–C–N with tert-alkyl or cyclic N) is 1. The Morgan fingerprint density at radius 1 is 1.43 bits per heavy atom. The minimum atomic E-state index is -0.509. The Morgan fingerprint density at radius 3 is 2.87 bits per heavy atom. The Balaban J connectivity index is 1.70. The van der Waals surface area contributed by atoms with Gasteiger partial charge in [0.25, 0.3) is 0 Å². The SMILES string of the molecule is COC(=O)[C@@H]1C[C@@H](O)CN1CC1CNNC1c1ccc(F)cc1. The van der Waals surface area contributed by atoms with Crippen LogP contribution in [0.3, 0.4) is 0 Å². The van der Waals surface area contributed by atoms with E-state index < -0.39 is 12.1 Å². The molecule has 3 N–H and O–H groups in total. The van der Waals surface area contributed by atoms with Gasteiger partial charge in [-0.2, -0.15) is 0 Å². The first-order valence-corrected chi connectivity index (χ1v) is 7.82. The number of likely N-dealkylation sites (tertiary alicyclic amines) is 1. The van der Waals surface area contributed by atoms with Crippen LogP contribution in [0.1, 0.15) is 18.0 Å². The maximum absolute atomic E-state index is 13.1. The molecule has 2 unspecified atom stereocenters. The summed E-state index contributed by atoms with van der Waals surface area (Å²) in [6.07, 6.45) is -0.104. The van der Waals surface area contributed by atoms with Gasteiger partial charge in [-0.15, -0.1) is 0 Å². The van der Waals surface area contributed by atoms with Crippen molar-refractivity contribution in [1.82, 2.24) is 15.8 Å². The summed E-state index contributed by atoms with van der Waals surface area (Å²) in [5.74, 6) is -0.360. The van der Waals surface area contributed by atoms with Gasteiger partial charge in [0.15, 0.2) is 0 Å². The van der Waals surface area contributed by atoms with E-state index in [1.54, 1.807) is 12.1 Å². The summed E-state index contributed by atoms with van der Waals surface area (Å²) in [7, 11) is 1.37. The van der Waals surface area contributed by atoms with Gasteiger partial charge in [0.2, 0.25) is 0 Å². The molecule has 0 aromatic heterocycles. The third-order valence-electron chi connectivity index (χ3n) is 4.65. The number of methoxy groups -OCH3 is 1. The first-order valence-electron chi connectivity index (χ1n) is 7.82. The Morgan fingerprint density at radius 2 is 2.17 bits per heavy atom. The number of nitrogens with one attached hydrogen (secondary N) is 2. The van der Waals surface area contributed by atoms with Gasteiger partial charge in [0.05, 0.1) is 19.3 Å². The Kier molecular flexibility index (Phi) is 4.91. The van der Waals surface area contributed by atoms with Crippen LogP contribution < -0.4 is 10.9 Å². The van der Waals surface area contributed by atoms with Crippen molar-refractivity contribution in [3.8, 4) is 0 Å². The van der Waals surface area contributed by atoms with E-state index in [9.17, 15) is 14.3 Å². The van der Waals surface area contributed by atoms with Crippen molar-refractivity contribution >= 4 is 5.97 Å². The molecule has 2 fully saturated rings. The summed E-state index contributed by atoms with van der Waals surface area (Å²) < 4.78 is 17.9. The van der Waals surface area contributed by atoms with E-state index in [1.807, 2.05) is 4.90 Å². The number of aliphatic hydroxyl groups is 1. The lowest BCUT2D eigenvalue weighted by atomic mass is 9.94. The first-order chi connectivity index (χ1) is 11.1. The number of hydrogen-bond donors (Lipinski definition) is 3. The molecule has 6 nitrogen and oxygen atoms in total. The van der Waals surface area contributed by atoms with E-state index in [-0.39, 0.29) is 23.7 Å². The highest BCUT2D eigenvalue weighted by Crippen LogP contribution is 2.29. The molecule has 4 atom stereocenters. The van der Waals surface area contributed by atoms with Crippen LogP contribution in [-0.2, 0) is 9.53 Å². The van der Waals surface area contributed by atoms with Crippen LogP contribution in [0.4, 0.5) is 4.39 Å². The number of carbonyl (C=O) groups is 1. The fourth-order valence-electron chi connectivity index (χ4n) is 3.49. The third-order valence-corrected chi connectivity index (χ3v) is 4.65. The summed E-state index contributed by atoms with van der Waals surface area (Å²) >= 11 is 0. The van der Waals surface area contributed by atoms with Crippen molar-refractivity contribution in [2.75, 3.05) is 26.7 Å². The molecule has 1 aromatic carbocycles. The number of carbonyl (C=O) groups excluding carboxylic acids is 1. The van der Waals surface area contributed by atoms with Crippen molar-refractivity contribution < 1.29 is 19.0 Å². The third kappa shape index (κ3) is 3.53. The van der Waals surface area contributed by atoms with Gasteiger partial charge in [-0.05, 0) is 17.7 Å². The lowest BCUT2D eigenvalue weighted by molar-refractivity contribution is -0.146. The number of hydrazine groups is 1. The summed E-state index contributed by atoms with van der Waals surface area (Å²) in [5, 5.41) is 9.88. The molecule has 0 spiro atoms. The summed E-state index contributed by atoms with van der Waals surface area (Å²) in [6.45, 7) is 1.85. The van der Waals surface area contributed by atoms with E-state index in [2.05, 4.69) is 10.9 Å². The van der Waals surface area contributed by atoms with Crippen LogP contribution in [0.5, 0.6) is 0 Å². The lowest BCUT2D eigenvalue weighted by Gasteiger charge is -2.27. The fourth-order valence-corrected chi connectivity index (χ4v) is 3.49. The van der Waals surface area contributed by atoms with Crippen LogP contribution >= 0.6 is 0 Å². The number of halogens is 1. The zero-order chi connectivity index (χ0) is 16.4. The average Bonchev–Trinajstić information content (AvgIpc) is 3.14. The summed E-state index contributed by atoms with van der Waals surface area (Å²) in [4.78, 5) is 13.9. The average molecular weight is 323 g/mol. The zero-order valence-electron chi connectivity index (χ0n) is 13.0. The van der Waals surface area contributed by atoms with E-state index in [0.717, 1.165) is 12.1 Å². The quantitative estimate of drug-likeness (QED) is 0.688. The van der Waals surface area contributed by atoms with Gasteiger partial charge in [0.1, 0.15) is 11.9 Å². The van der Waals surface area contributed by atoms with Gasteiger partial charge < -0.3 is 9.84 Å². The molecule has 2 aliphatic heterocycles. The van der Waals surface area contributed by atoms with Crippen LogP contribution in [0.15, 0.2) is 24.3 Å². The second kappa shape index (κ2) is 6.92. The highest BCUT2D eigenvalue weighted by molar-refractivity contribution is 5.76. The topological polar surface area (TPSA) is 73.8 Å². The highest BCUT2D eigenvalue weighted by Gasteiger charge is 2.40. The van der Waals surface area contributed by atoms with Gasteiger partial charge in [-0.3, -0.25) is 15.1 Å². The highest BCUT2D eigenvalue weighted by atomic mass is 19.1. The molecule has 0 aliphatic carbocycles. The molecule has 1 aromatic rings. The monoisotopic (exact) mass is 323 g/mol. The maximum Gasteiger partial charge on any atom is 0.323 e. The van der Waals surface area contributed by atoms with Gasteiger partial charge in [-0.1, -0.05) is 12.1 Å². The molecule has 7 heteroatoms. The molecule has 0 amide bonds. The molecule has 23 heavy (non-hydrogen) atoms. The fraction of sp³-hybridized carbons (Fsp3) is 0.562. The largest absolute Gasteiger partial charge is 0.468 e. The molecule has 3 rings (SSSR count). The van der Waals surface area contributed by atoms with Gasteiger partial charge >= 0.3 is 5.97 Å². The number of rotatable bonds is 4. The van der Waals surface area contributed by atoms with Crippen molar-refractivity contribution in [1.29, 1.82) is 0 Å². The van der Waals surface area contributed by atoms with Gasteiger partial charge in [0, 0.05) is 32.0 Å². The molecule has 2 heterocycles. The first kappa shape index (κ1) is 16.3. The van der Waals surface area contributed by atoms with E-state index >= 15 is 0 Å². The summed E-state index contributed by atoms with van der Waals surface area (Å²) in [5.41, 5.74) is 7.33. The Hall–Kier alpha value is -1.54. The lowest BCUT2D eigenvalue weighted by Crippen LogP contribution is -2.41. The summed E-state index contributed by atoms with van der Waals surface area (Å²) in [6, 6.07) is 6.07. The number of nitrogens with zero attached hydrogens (tertiary/aromatic N) is 1. The van der Waals surface area contributed by atoms with E-state index in [4.69, 9.17) is 4.74 Å². The maximum atomic E-state index is 13.1. The zero-order valence-corrected chi connectivity index (χ0v) is 13.0. The number of benzene rings is 1. The minimum Gasteiger partial charge on any atom is -0.468 e. The molecule has 126 valence electrons.